The predicted molar refractivity (Wildman–Crippen MR) is 118 cm³/mol. The van der Waals surface area contributed by atoms with Crippen LogP contribution in [0, 0.1) is 0 Å². The van der Waals surface area contributed by atoms with Gasteiger partial charge in [0.05, 0.1) is 0 Å². The Balaban J connectivity index is 1.58. The SMILES string of the molecule is CC(C)c1ccccc1O[C@H](C)C(=O)NCc1ccccc1CN1CCCCC1. The van der Waals surface area contributed by atoms with Crippen LogP contribution in [0.1, 0.15) is 62.6 Å². The summed E-state index contributed by atoms with van der Waals surface area (Å²) in [6.45, 7) is 9.90. The molecule has 1 amide bonds. The zero-order valence-corrected chi connectivity index (χ0v) is 18.0. The zero-order valence-electron chi connectivity index (χ0n) is 18.0. The van der Waals surface area contributed by atoms with E-state index in [1.165, 1.54) is 43.5 Å². The molecule has 0 aliphatic carbocycles. The monoisotopic (exact) mass is 394 g/mol. The molecule has 156 valence electrons. The average Bonchev–Trinajstić information content (AvgIpc) is 2.74. The lowest BCUT2D eigenvalue weighted by Gasteiger charge is -2.27. The Morgan fingerprint density at radius 2 is 1.62 bits per heavy atom. The van der Waals surface area contributed by atoms with Crippen molar-refractivity contribution in [3.05, 3.63) is 65.2 Å². The van der Waals surface area contributed by atoms with Crippen molar-refractivity contribution in [2.45, 2.75) is 65.1 Å². The number of nitrogens with zero attached hydrogens (tertiary/aromatic N) is 1. The van der Waals surface area contributed by atoms with Crippen LogP contribution in [0.5, 0.6) is 5.75 Å². The van der Waals surface area contributed by atoms with Crippen molar-refractivity contribution in [3.63, 3.8) is 0 Å². The fourth-order valence-corrected chi connectivity index (χ4v) is 3.88. The van der Waals surface area contributed by atoms with Gasteiger partial charge >= 0.3 is 0 Å². The van der Waals surface area contributed by atoms with E-state index in [2.05, 4.69) is 48.3 Å². The van der Waals surface area contributed by atoms with Crippen molar-refractivity contribution in [3.8, 4) is 5.75 Å². The molecule has 1 aliphatic rings. The van der Waals surface area contributed by atoms with Crippen molar-refractivity contribution >= 4 is 5.91 Å². The molecule has 4 heteroatoms. The standard InChI is InChI=1S/C25H34N2O2/c1-19(2)23-13-7-8-14-24(23)29-20(3)25(28)26-17-21-11-5-6-12-22(21)18-27-15-9-4-10-16-27/h5-8,11-14,19-20H,4,9-10,15-18H2,1-3H3,(H,26,28)/t20-/m1/s1. The second-order valence-electron chi connectivity index (χ2n) is 8.28. The first-order valence-electron chi connectivity index (χ1n) is 10.9. The van der Waals surface area contributed by atoms with E-state index in [1.54, 1.807) is 0 Å². The normalized spacial score (nSPS) is 15.9. The molecular formula is C25H34N2O2. The maximum absolute atomic E-state index is 12.7. The molecule has 1 heterocycles. The van der Waals surface area contributed by atoms with Crippen LogP contribution >= 0.6 is 0 Å². The molecule has 1 N–H and O–H groups in total. The number of hydrogen-bond donors (Lipinski definition) is 1. The highest BCUT2D eigenvalue weighted by atomic mass is 16.5. The highest BCUT2D eigenvalue weighted by molar-refractivity contribution is 5.80. The topological polar surface area (TPSA) is 41.6 Å². The number of piperidine rings is 1. The van der Waals surface area contributed by atoms with Crippen molar-refractivity contribution < 1.29 is 9.53 Å². The molecule has 3 rings (SSSR count). The largest absolute Gasteiger partial charge is 0.481 e. The van der Waals surface area contributed by atoms with Gasteiger partial charge in [-0.15, -0.1) is 0 Å². The number of nitrogens with one attached hydrogen (secondary N) is 1. The minimum atomic E-state index is -0.538. The summed E-state index contributed by atoms with van der Waals surface area (Å²) in [5.41, 5.74) is 3.61. The summed E-state index contributed by atoms with van der Waals surface area (Å²) in [5, 5.41) is 3.06. The molecule has 0 saturated carbocycles. The number of likely N-dealkylation sites (tertiary alicyclic amines) is 1. The van der Waals surface area contributed by atoms with E-state index in [4.69, 9.17) is 4.74 Å². The Hall–Kier alpha value is -2.33. The third-order valence-corrected chi connectivity index (χ3v) is 5.63. The van der Waals surface area contributed by atoms with Crippen molar-refractivity contribution in [1.29, 1.82) is 0 Å². The number of ether oxygens (including phenoxy) is 1. The lowest BCUT2D eigenvalue weighted by atomic mass is 10.0. The van der Waals surface area contributed by atoms with Gasteiger partial charge < -0.3 is 10.1 Å². The van der Waals surface area contributed by atoms with E-state index in [9.17, 15) is 4.79 Å². The van der Waals surface area contributed by atoms with E-state index in [0.29, 0.717) is 12.5 Å². The summed E-state index contributed by atoms with van der Waals surface area (Å²) in [6.07, 6.45) is 3.37. The van der Waals surface area contributed by atoms with Crippen LogP contribution in [0.15, 0.2) is 48.5 Å². The highest BCUT2D eigenvalue weighted by Crippen LogP contribution is 2.26. The van der Waals surface area contributed by atoms with E-state index < -0.39 is 6.10 Å². The van der Waals surface area contributed by atoms with Gasteiger partial charge in [-0.2, -0.15) is 0 Å². The van der Waals surface area contributed by atoms with Gasteiger partial charge in [0.2, 0.25) is 0 Å². The van der Waals surface area contributed by atoms with Crippen LogP contribution in [0.4, 0.5) is 0 Å². The summed E-state index contributed by atoms with van der Waals surface area (Å²) >= 11 is 0. The van der Waals surface area contributed by atoms with Crippen molar-refractivity contribution in [1.82, 2.24) is 10.2 Å². The summed E-state index contributed by atoms with van der Waals surface area (Å²) in [5.74, 6) is 1.05. The summed E-state index contributed by atoms with van der Waals surface area (Å²) in [4.78, 5) is 15.2. The summed E-state index contributed by atoms with van der Waals surface area (Å²) in [6, 6.07) is 16.4. The lowest BCUT2D eigenvalue weighted by Crippen LogP contribution is -2.36. The zero-order chi connectivity index (χ0) is 20.6. The number of amides is 1. The van der Waals surface area contributed by atoms with Gasteiger partial charge in [0.1, 0.15) is 5.75 Å². The number of carbonyl (C=O) groups is 1. The molecular weight excluding hydrogens is 360 g/mol. The molecule has 0 radical (unpaired) electrons. The van der Waals surface area contributed by atoms with E-state index >= 15 is 0 Å². The first-order chi connectivity index (χ1) is 14.0. The predicted octanol–water partition coefficient (Wildman–Crippen LogP) is 4.88. The molecule has 1 atom stereocenters. The Morgan fingerprint density at radius 1 is 0.966 bits per heavy atom. The van der Waals surface area contributed by atoms with Crippen LogP contribution in [0.3, 0.4) is 0 Å². The number of rotatable bonds is 8. The third kappa shape index (κ3) is 6.07. The molecule has 1 aliphatic heterocycles. The van der Waals surface area contributed by atoms with Gasteiger partial charge in [0, 0.05) is 13.1 Å². The van der Waals surface area contributed by atoms with E-state index in [1.807, 2.05) is 31.2 Å². The van der Waals surface area contributed by atoms with Gasteiger partial charge in [0.25, 0.3) is 5.91 Å². The van der Waals surface area contributed by atoms with Gasteiger partial charge in [-0.25, -0.2) is 0 Å². The van der Waals surface area contributed by atoms with Crippen LogP contribution in [0.25, 0.3) is 0 Å². The third-order valence-electron chi connectivity index (χ3n) is 5.63. The molecule has 1 fully saturated rings. The second-order valence-corrected chi connectivity index (χ2v) is 8.28. The number of carbonyl (C=O) groups excluding carboxylic acids is 1. The fraction of sp³-hybridized carbons (Fsp3) is 0.480. The van der Waals surface area contributed by atoms with Crippen LogP contribution < -0.4 is 10.1 Å². The minimum Gasteiger partial charge on any atom is -0.481 e. The van der Waals surface area contributed by atoms with Crippen LogP contribution in [-0.4, -0.2) is 30.0 Å². The first kappa shape index (κ1) is 21.4. The van der Waals surface area contributed by atoms with Crippen LogP contribution in [-0.2, 0) is 17.9 Å². The average molecular weight is 395 g/mol. The van der Waals surface area contributed by atoms with Gasteiger partial charge in [0.15, 0.2) is 6.10 Å². The minimum absolute atomic E-state index is 0.0867. The van der Waals surface area contributed by atoms with Gasteiger partial charge in [-0.05, 0) is 61.5 Å². The highest BCUT2D eigenvalue weighted by Gasteiger charge is 2.18. The molecule has 0 spiro atoms. The van der Waals surface area contributed by atoms with Gasteiger partial charge in [-0.1, -0.05) is 62.7 Å². The summed E-state index contributed by atoms with van der Waals surface area (Å²) in [7, 11) is 0. The van der Waals surface area contributed by atoms with Gasteiger partial charge in [-0.3, -0.25) is 9.69 Å². The lowest BCUT2D eigenvalue weighted by molar-refractivity contribution is -0.127. The first-order valence-corrected chi connectivity index (χ1v) is 10.9. The smallest absolute Gasteiger partial charge is 0.261 e. The fourth-order valence-electron chi connectivity index (χ4n) is 3.88. The molecule has 2 aromatic carbocycles. The quantitative estimate of drug-likeness (QED) is 0.694. The van der Waals surface area contributed by atoms with Crippen LogP contribution in [0.2, 0.25) is 0 Å². The van der Waals surface area contributed by atoms with E-state index in [-0.39, 0.29) is 5.91 Å². The molecule has 1 saturated heterocycles. The number of para-hydroxylation sites is 1. The second kappa shape index (κ2) is 10.4. The Kier molecular flexibility index (Phi) is 7.70. The van der Waals surface area contributed by atoms with E-state index in [0.717, 1.165) is 17.9 Å². The number of hydrogen-bond acceptors (Lipinski definition) is 3. The maximum Gasteiger partial charge on any atom is 0.261 e. The Morgan fingerprint density at radius 3 is 2.34 bits per heavy atom. The Labute approximate surface area is 175 Å². The molecule has 29 heavy (non-hydrogen) atoms. The summed E-state index contributed by atoms with van der Waals surface area (Å²) < 4.78 is 5.99. The van der Waals surface area contributed by atoms with Crippen molar-refractivity contribution in [2.75, 3.05) is 13.1 Å². The number of benzene rings is 2. The molecule has 0 aromatic heterocycles. The maximum atomic E-state index is 12.7. The van der Waals surface area contributed by atoms with Crippen molar-refractivity contribution in [2.24, 2.45) is 0 Å². The molecule has 0 bridgehead atoms. The molecule has 2 aromatic rings. The molecule has 4 nitrogen and oxygen atoms in total. The Bertz CT molecular complexity index is 797. The molecule has 0 unspecified atom stereocenters.